The summed E-state index contributed by atoms with van der Waals surface area (Å²) < 4.78 is 35.4. The van der Waals surface area contributed by atoms with Gasteiger partial charge in [0.25, 0.3) is 0 Å². The lowest BCUT2D eigenvalue weighted by atomic mass is 9.75. The zero-order valence-electron chi connectivity index (χ0n) is 5.15. The third-order valence-electron chi connectivity index (χ3n) is 1.94. The highest BCUT2D eigenvalue weighted by molar-refractivity contribution is 5.04. The maximum atomic E-state index is 11.8. The van der Waals surface area contributed by atoms with Gasteiger partial charge in [-0.2, -0.15) is 13.2 Å². The minimum atomic E-state index is -4.56. The van der Waals surface area contributed by atoms with Crippen molar-refractivity contribution in [3.8, 4) is 0 Å². The van der Waals surface area contributed by atoms with Gasteiger partial charge in [-0.1, -0.05) is 0 Å². The molecule has 0 spiro atoms. The second-order valence-corrected chi connectivity index (χ2v) is 2.57. The standard InChI is InChI=1S/C5H8F3NO/c6-5(7,8)4(10)2-1-3(4)9/h3,10H,1-2,9H2/t3-,4-/m1/s1. The van der Waals surface area contributed by atoms with Crippen molar-refractivity contribution in [2.24, 2.45) is 5.73 Å². The molecule has 5 heteroatoms. The van der Waals surface area contributed by atoms with Crippen molar-refractivity contribution in [3.63, 3.8) is 0 Å². The van der Waals surface area contributed by atoms with Gasteiger partial charge >= 0.3 is 6.18 Å². The number of hydrogen-bond donors (Lipinski definition) is 2. The summed E-state index contributed by atoms with van der Waals surface area (Å²) in [7, 11) is 0. The van der Waals surface area contributed by atoms with E-state index in [-0.39, 0.29) is 12.8 Å². The van der Waals surface area contributed by atoms with E-state index < -0.39 is 17.8 Å². The summed E-state index contributed by atoms with van der Waals surface area (Å²) in [6.45, 7) is 0. The molecule has 1 aliphatic carbocycles. The number of alkyl halides is 3. The molecule has 0 bridgehead atoms. The fraction of sp³-hybridized carbons (Fsp3) is 1.00. The SMILES string of the molecule is N[C@@H]1CC[C@]1(O)C(F)(F)F. The van der Waals surface area contributed by atoms with E-state index in [1.165, 1.54) is 0 Å². The Bertz CT molecular complexity index is 146. The molecule has 0 unspecified atom stereocenters. The van der Waals surface area contributed by atoms with Crippen LogP contribution in [0.2, 0.25) is 0 Å². The van der Waals surface area contributed by atoms with Crippen molar-refractivity contribution in [2.45, 2.75) is 30.7 Å². The molecule has 0 aromatic heterocycles. The zero-order chi connectivity index (χ0) is 7.99. The zero-order valence-corrected chi connectivity index (χ0v) is 5.15. The quantitative estimate of drug-likeness (QED) is 0.532. The first-order chi connectivity index (χ1) is 4.38. The number of aliphatic hydroxyl groups is 1. The Morgan fingerprint density at radius 1 is 1.50 bits per heavy atom. The highest BCUT2D eigenvalue weighted by Gasteiger charge is 2.62. The minimum absolute atomic E-state index is 0.246. The van der Waals surface area contributed by atoms with E-state index >= 15 is 0 Å². The predicted octanol–water partition coefficient (Wildman–Crippen LogP) is 0.401. The Kier molecular flexibility index (Phi) is 1.45. The summed E-state index contributed by atoms with van der Waals surface area (Å²) in [5.74, 6) is 0. The van der Waals surface area contributed by atoms with Gasteiger partial charge in [0.2, 0.25) is 0 Å². The van der Waals surface area contributed by atoms with Gasteiger partial charge in [0.1, 0.15) is 0 Å². The van der Waals surface area contributed by atoms with Gasteiger partial charge in [0, 0.05) is 6.04 Å². The highest BCUT2D eigenvalue weighted by Crippen LogP contribution is 2.43. The lowest BCUT2D eigenvalue weighted by molar-refractivity contribution is -0.293. The molecule has 10 heavy (non-hydrogen) atoms. The van der Waals surface area contributed by atoms with E-state index in [1.54, 1.807) is 0 Å². The van der Waals surface area contributed by atoms with E-state index in [0.717, 1.165) is 0 Å². The Hall–Kier alpha value is -0.290. The van der Waals surface area contributed by atoms with Crippen LogP contribution in [-0.2, 0) is 0 Å². The molecule has 1 saturated carbocycles. The van der Waals surface area contributed by atoms with Crippen LogP contribution in [0.5, 0.6) is 0 Å². The van der Waals surface area contributed by atoms with E-state index in [9.17, 15) is 13.2 Å². The normalized spacial score (nSPS) is 41.1. The topological polar surface area (TPSA) is 46.2 Å². The predicted molar refractivity (Wildman–Crippen MR) is 28.2 cm³/mol. The maximum absolute atomic E-state index is 11.8. The van der Waals surface area contributed by atoms with Crippen molar-refractivity contribution in [1.29, 1.82) is 0 Å². The Morgan fingerprint density at radius 3 is 2.00 bits per heavy atom. The molecule has 1 aliphatic rings. The van der Waals surface area contributed by atoms with E-state index in [2.05, 4.69) is 0 Å². The molecular weight excluding hydrogens is 147 g/mol. The minimum Gasteiger partial charge on any atom is -0.379 e. The van der Waals surface area contributed by atoms with Crippen LogP contribution < -0.4 is 5.73 Å². The van der Waals surface area contributed by atoms with Crippen molar-refractivity contribution in [1.82, 2.24) is 0 Å². The monoisotopic (exact) mass is 155 g/mol. The summed E-state index contributed by atoms with van der Waals surface area (Å²) in [4.78, 5) is 0. The van der Waals surface area contributed by atoms with Crippen molar-refractivity contribution >= 4 is 0 Å². The highest BCUT2D eigenvalue weighted by atomic mass is 19.4. The fourth-order valence-electron chi connectivity index (χ4n) is 0.936. The molecule has 3 N–H and O–H groups in total. The molecule has 0 aromatic carbocycles. The first kappa shape index (κ1) is 7.81. The molecular formula is C5H8F3NO. The maximum Gasteiger partial charge on any atom is 0.418 e. The second-order valence-electron chi connectivity index (χ2n) is 2.57. The molecule has 0 amide bonds. The van der Waals surface area contributed by atoms with Crippen LogP contribution in [0, 0.1) is 0 Å². The molecule has 0 radical (unpaired) electrons. The third-order valence-corrected chi connectivity index (χ3v) is 1.94. The van der Waals surface area contributed by atoms with E-state index in [1.807, 2.05) is 0 Å². The number of rotatable bonds is 0. The van der Waals surface area contributed by atoms with Crippen LogP contribution in [0.25, 0.3) is 0 Å². The van der Waals surface area contributed by atoms with Crippen LogP contribution in [0.4, 0.5) is 13.2 Å². The van der Waals surface area contributed by atoms with Gasteiger partial charge in [-0.3, -0.25) is 0 Å². The van der Waals surface area contributed by atoms with E-state index in [4.69, 9.17) is 10.8 Å². The largest absolute Gasteiger partial charge is 0.418 e. The fourth-order valence-corrected chi connectivity index (χ4v) is 0.936. The van der Waals surface area contributed by atoms with Gasteiger partial charge in [-0.15, -0.1) is 0 Å². The summed E-state index contributed by atoms with van der Waals surface area (Å²) in [5.41, 5.74) is 2.37. The lowest BCUT2D eigenvalue weighted by Crippen LogP contribution is -2.65. The summed E-state index contributed by atoms with van der Waals surface area (Å²) >= 11 is 0. The van der Waals surface area contributed by atoms with Crippen LogP contribution in [0.3, 0.4) is 0 Å². The average molecular weight is 155 g/mol. The van der Waals surface area contributed by atoms with Crippen LogP contribution in [0.1, 0.15) is 12.8 Å². The van der Waals surface area contributed by atoms with Crippen molar-refractivity contribution < 1.29 is 18.3 Å². The molecule has 1 rings (SSSR count). The Balaban J connectivity index is 2.70. The molecule has 1 fully saturated rings. The van der Waals surface area contributed by atoms with E-state index in [0.29, 0.717) is 0 Å². The van der Waals surface area contributed by atoms with Gasteiger partial charge in [0.15, 0.2) is 5.60 Å². The number of nitrogens with two attached hydrogens (primary N) is 1. The summed E-state index contributed by atoms with van der Waals surface area (Å²) in [5, 5.41) is 8.77. The van der Waals surface area contributed by atoms with Gasteiger partial charge < -0.3 is 10.8 Å². The molecule has 60 valence electrons. The van der Waals surface area contributed by atoms with Gasteiger partial charge in [-0.25, -0.2) is 0 Å². The molecule has 0 heterocycles. The van der Waals surface area contributed by atoms with Gasteiger partial charge in [0.05, 0.1) is 0 Å². The van der Waals surface area contributed by atoms with Gasteiger partial charge in [-0.05, 0) is 12.8 Å². The summed E-state index contributed by atoms with van der Waals surface area (Å²) in [6.07, 6.45) is -4.58. The number of halogens is 3. The summed E-state index contributed by atoms with van der Waals surface area (Å²) in [6, 6.07) is -1.13. The van der Waals surface area contributed by atoms with Crippen LogP contribution in [-0.4, -0.2) is 22.9 Å². The Morgan fingerprint density at radius 2 is 2.00 bits per heavy atom. The molecule has 0 aliphatic heterocycles. The Labute approximate surface area is 55.8 Å². The van der Waals surface area contributed by atoms with Crippen LogP contribution >= 0.6 is 0 Å². The third kappa shape index (κ3) is 0.809. The average Bonchev–Trinajstić information content (AvgIpc) is 1.80. The second kappa shape index (κ2) is 1.85. The van der Waals surface area contributed by atoms with Crippen molar-refractivity contribution in [2.75, 3.05) is 0 Å². The molecule has 2 atom stereocenters. The molecule has 0 saturated heterocycles. The smallest absolute Gasteiger partial charge is 0.379 e. The van der Waals surface area contributed by atoms with Crippen LogP contribution in [0.15, 0.2) is 0 Å². The first-order valence-corrected chi connectivity index (χ1v) is 2.92. The molecule has 0 aromatic rings. The first-order valence-electron chi connectivity index (χ1n) is 2.92. The van der Waals surface area contributed by atoms with Crippen molar-refractivity contribution in [3.05, 3.63) is 0 Å². The number of hydrogen-bond acceptors (Lipinski definition) is 2. The molecule has 2 nitrogen and oxygen atoms in total. The lowest BCUT2D eigenvalue weighted by Gasteiger charge is -2.43.